The van der Waals surface area contributed by atoms with Gasteiger partial charge in [-0.15, -0.1) is 0 Å². The van der Waals surface area contributed by atoms with Crippen LogP contribution in [0.1, 0.15) is 50.3 Å². The highest BCUT2D eigenvalue weighted by molar-refractivity contribution is 8.16. The number of likely N-dealkylation sites (tertiary alicyclic amines) is 1. The lowest BCUT2D eigenvalue weighted by molar-refractivity contribution is -0.151. The fourth-order valence-corrected chi connectivity index (χ4v) is 6.28. The van der Waals surface area contributed by atoms with Crippen LogP contribution in [-0.2, 0) is 23.9 Å². The summed E-state index contributed by atoms with van der Waals surface area (Å²) in [7, 11) is 0. The second-order valence-corrected chi connectivity index (χ2v) is 10.6. The van der Waals surface area contributed by atoms with Crippen molar-refractivity contribution in [1.82, 2.24) is 9.80 Å². The van der Waals surface area contributed by atoms with Crippen molar-refractivity contribution in [3.63, 3.8) is 0 Å². The number of ether oxygens (including phenoxy) is 2. The Morgan fingerprint density at radius 3 is 2.38 bits per heavy atom. The third-order valence-corrected chi connectivity index (χ3v) is 8.08. The van der Waals surface area contributed by atoms with Gasteiger partial charge in [0, 0.05) is 24.4 Å². The van der Waals surface area contributed by atoms with E-state index in [-0.39, 0.29) is 30.8 Å². The summed E-state index contributed by atoms with van der Waals surface area (Å²) >= 11 is 1.44. The number of thioether (sulfide) groups is 1. The largest absolute Gasteiger partial charge is 0.466 e. The van der Waals surface area contributed by atoms with Gasteiger partial charge < -0.3 is 19.3 Å². The van der Waals surface area contributed by atoms with E-state index in [1.54, 1.807) is 18.7 Å². The zero-order valence-electron chi connectivity index (χ0n) is 22.7. The van der Waals surface area contributed by atoms with Crippen molar-refractivity contribution in [2.24, 2.45) is 10.9 Å². The van der Waals surface area contributed by atoms with Crippen molar-refractivity contribution < 1.29 is 23.9 Å². The van der Waals surface area contributed by atoms with E-state index in [9.17, 15) is 14.4 Å². The Kier molecular flexibility index (Phi) is 8.69. The number of amidine groups is 1. The van der Waals surface area contributed by atoms with Crippen LogP contribution < -0.4 is 0 Å². The summed E-state index contributed by atoms with van der Waals surface area (Å²) < 4.78 is 10.8. The first-order valence-electron chi connectivity index (χ1n) is 13.7. The van der Waals surface area contributed by atoms with Gasteiger partial charge >= 0.3 is 11.9 Å². The molecule has 3 aliphatic heterocycles. The van der Waals surface area contributed by atoms with E-state index in [2.05, 4.69) is 0 Å². The van der Waals surface area contributed by atoms with Gasteiger partial charge in [0.15, 0.2) is 5.17 Å². The Morgan fingerprint density at radius 1 is 0.975 bits per heavy atom. The summed E-state index contributed by atoms with van der Waals surface area (Å²) in [5, 5.41) is 2.64. The molecule has 0 aromatic heterocycles. The van der Waals surface area contributed by atoms with Crippen LogP contribution in [0, 0.1) is 5.92 Å². The molecule has 3 heterocycles. The first-order chi connectivity index (χ1) is 19.5. The van der Waals surface area contributed by atoms with Gasteiger partial charge in [-0.25, -0.2) is 9.79 Å². The number of benzene rings is 2. The highest BCUT2D eigenvalue weighted by Gasteiger charge is 2.42. The van der Waals surface area contributed by atoms with Crippen LogP contribution in [0.4, 0.5) is 0 Å². The summed E-state index contributed by atoms with van der Waals surface area (Å²) in [6, 6.07) is 18.9. The molecule has 5 rings (SSSR count). The van der Waals surface area contributed by atoms with Gasteiger partial charge in [0.2, 0.25) is 5.91 Å². The van der Waals surface area contributed by atoms with E-state index < -0.39 is 12.0 Å². The number of hydrogen-bond donors (Lipinski definition) is 0. The van der Waals surface area contributed by atoms with Gasteiger partial charge in [-0.2, -0.15) is 0 Å². The Morgan fingerprint density at radius 2 is 1.68 bits per heavy atom. The summed E-state index contributed by atoms with van der Waals surface area (Å²) in [4.78, 5) is 48.2. The van der Waals surface area contributed by atoms with Gasteiger partial charge in [-0.1, -0.05) is 72.4 Å². The molecule has 3 aliphatic rings. The molecule has 1 fully saturated rings. The number of carbonyl (C=O) groups excluding carboxylic acids is 3. The predicted molar refractivity (Wildman–Crippen MR) is 155 cm³/mol. The van der Waals surface area contributed by atoms with Crippen molar-refractivity contribution in [3.8, 4) is 0 Å². The number of hydrogen-bond acceptors (Lipinski definition) is 8. The van der Waals surface area contributed by atoms with E-state index in [0.717, 1.165) is 29.7 Å². The zero-order chi connectivity index (χ0) is 28.1. The molecule has 0 spiro atoms. The molecule has 2 aromatic carbocycles. The number of fused-ring (bicyclic) bond motifs is 1. The Hall–Kier alpha value is -3.85. The molecular weight excluding hydrogens is 526 g/mol. The first kappa shape index (κ1) is 27.7. The molecule has 2 atom stereocenters. The number of esters is 2. The smallest absolute Gasteiger partial charge is 0.338 e. The summed E-state index contributed by atoms with van der Waals surface area (Å²) in [5.74, 6) is -1.05. The second kappa shape index (κ2) is 12.6. The van der Waals surface area contributed by atoms with Gasteiger partial charge in [0.05, 0.1) is 42.9 Å². The van der Waals surface area contributed by atoms with Gasteiger partial charge in [0.25, 0.3) is 0 Å². The molecule has 0 unspecified atom stereocenters. The van der Waals surface area contributed by atoms with Gasteiger partial charge in [-0.3, -0.25) is 9.59 Å². The molecule has 9 heteroatoms. The lowest BCUT2D eigenvalue weighted by Gasteiger charge is -2.37. The third kappa shape index (κ3) is 5.70. The van der Waals surface area contributed by atoms with E-state index in [1.807, 2.05) is 71.0 Å². The van der Waals surface area contributed by atoms with Crippen LogP contribution in [-0.4, -0.2) is 59.1 Å². The minimum Gasteiger partial charge on any atom is -0.466 e. The van der Waals surface area contributed by atoms with Crippen LogP contribution in [0.2, 0.25) is 0 Å². The number of amides is 1. The van der Waals surface area contributed by atoms with Crippen molar-refractivity contribution in [2.45, 2.75) is 39.2 Å². The van der Waals surface area contributed by atoms with Crippen LogP contribution >= 0.6 is 11.8 Å². The molecule has 0 radical (unpaired) electrons. The number of rotatable bonds is 8. The maximum absolute atomic E-state index is 13.6. The van der Waals surface area contributed by atoms with Crippen LogP contribution in [0.5, 0.6) is 0 Å². The molecule has 0 N–H and O–H groups in total. The fourth-order valence-electron chi connectivity index (χ4n) is 5.36. The maximum atomic E-state index is 13.6. The Bertz CT molecular complexity index is 1360. The molecule has 8 nitrogen and oxygen atoms in total. The summed E-state index contributed by atoms with van der Waals surface area (Å²) in [6.45, 7) is 5.09. The third-order valence-electron chi connectivity index (χ3n) is 7.19. The maximum Gasteiger partial charge on any atom is 0.338 e. The van der Waals surface area contributed by atoms with Crippen LogP contribution in [0.15, 0.2) is 82.3 Å². The Labute approximate surface area is 238 Å². The fraction of sp³-hybridized carbons (Fsp3) is 0.355. The number of piperidine rings is 1. The van der Waals surface area contributed by atoms with Crippen molar-refractivity contribution in [3.05, 3.63) is 88.5 Å². The van der Waals surface area contributed by atoms with Crippen molar-refractivity contribution in [2.75, 3.05) is 26.3 Å². The molecule has 2 aromatic rings. The van der Waals surface area contributed by atoms with E-state index in [4.69, 9.17) is 14.5 Å². The first-order valence-corrected chi connectivity index (χ1v) is 14.6. The van der Waals surface area contributed by atoms with Crippen molar-refractivity contribution in [1.29, 1.82) is 0 Å². The molecule has 0 bridgehead atoms. The van der Waals surface area contributed by atoms with E-state index >= 15 is 0 Å². The SMILES string of the molecule is CCOC(=O)C1=C(c2ccccc2)N=C2SC=C(CC(=O)N3CCC[C@H](C(=O)OCC)C3)N2[C@H]1c1ccccc1. The number of nitrogens with zero attached hydrogens (tertiary/aromatic N) is 3. The standard InChI is InChI=1S/C31H33N3O5S/c1-3-38-29(36)23-16-11-17-33(19-23)25(35)18-24-20-40-31-32-27(21-12-7-5-8-13-21)26(30(37)39-4-2)28(34(24)31)22-14-9-6-10-15-22/h5-10,12-15,20,23,28H,3-4,11,16-19H2,1-2H3/t23-,28-/m0/s1. The van der Waals surface area contributed by atoms with Crippen molar-refractivity contribution >= 4 is 40.5 Å². The Balaban J connectivity index is 1.49. The minimum absolute atomic E-state index is 0.0653. The molecule has 0 aliphatic carbocycles. The highest BCUT2D eigenvalue weighted by Crippen LogP contribution is 2.47. The average Bonchev–Trinajstić information content (AvgIpc) is 3.39. The number of carbonyl (C=O) groups is 3. The monoisotopic (exact) mass is 559 g/mol. The van der Waals surface area contributed by atoms with Crippen LogP contribution in [0.25, 0.3) is 5.70 Å². The van der Waals surface area contributed by atoms with Crippen LogP contribution in [0.3, 0.4) is 0 Å². The molecular formula is C31H33N3O5S. The normalized spacial score (nSPS) is 20.4. The summed E-state index contributed by atoms with van der Waals surface area (Å²) in [5.41, 5.74) is 3.48. The second-order valence-electron chi connectivity index (χ2n) is 9.76. The van der Waals surface area contributed by atoms with Gasteiger partial charge in [0.1, 0.15) is 0 Å². The van der Waals surface area contributed by atoms with Gasteiger partial charge in [-0.05, 0) is 37.7 Å². The summed E-state index contributed by atoms with van der Waals surface area (Å²) in [6.07, 6.45) is 1.60. The molecule has 1 amide bonds. The average molecular weight is 560 g/mol. The molecule has 1 saturated heterocycles. The highest BCUT2D eigenvalue weighted by atomic mass is 32.2. The molecule has 0 saturated carbocycles. The molecule has 40 heavy (non-hydrogen) atoms. The van der Waals surface area contributed by atoms with E-state index in [1.165, 1.54) is 11.8 Å². The quantitative estimate of drug-likeness (QED) is 0.413. The van der Waals surface area contributed by atoms with E-state index in [0.29, 0.717) is 36.1 Å². The minimum atomic E-state index is -0.523. The lowest BCUT2D eigenvalue weighted by atomic mass is 9.91. The predicted octanol–water partition coefficient (Wildman–Crippen LogP) is 5.15. The lowest BCUT2D eigenvalue weighted by Crippen LogP contribution is -2.44. The molecule has 208 valence electrons. The zero-order valence-corrected chi connectivity index (χ0v) is 23.6. The number of aliphatic imine (C=N–C) groups is 1. The topological polar surface area (TPSA) is 88.5 Å².